The zero-order chi connectivity index (χ0) is 14.8. The number of benzene rings is 1. The highest BCUT2D eigenvalue weighted by atomic mass is 32.1. The lowest BCUT2D eigenvalue weighted by Crippen LogP contribution is -2.27. The molecule has 1 aromatic carbocycles. The number of hydrogen-bond acceptors (Lipinski definition) is 3. The van der Waals surface area contributed by atoms with Crippen molar-refractivity contribution in [1.29, 1.82) is 0 Å². The summed E-state index contributed by atoms with van der Waals surface area (Å²) in [6, 6.07) is 5.77. The van der Waals surface area contributed by atoms with Crippen molar-refractivity contribution in [2.75, 3.05) is 25.1 Å². The third-order valence-electron chi connectivity index (χ3n) is 2.46. The summed E-state index contributed by atoms with van der Waals surface area (Å²) in [7, 11) is 0. The molecule has 0 fully saturated rings. The van der Waals surface area contributed by atoms with Crippen molar-refractivity contribution >= 4 is 23.0 Å². The van der Waals surface area contributed by atoms with E-state index in [0.717, 1.165) is 36.6 Å². The van der Waals surface area contributed by atoms with E-state index in [1.165, 1.54) is 0 Å². The lowest BCUT2D eigenvalue weighted by Gasteiger charge is -2.15. The molecular formula is C15H24N2O2S. The molecule has 1 aromatic rings. The predicted octanol–water partition coefficient (Wildman–Crippen LogP) is 3.57. The van der Waals surface area contributed by atoms with Gasteiger partial charge in [-0.1, -0.05) is 13.8 Å². The Morgan fingerprint density at radius 2 is 1.70 bits per heavy atom. The minimum absolute atomic E-state index is 0.608. The molecule has 0 radical (unpaired) electrons. The predicted molar refractivity (Wildman–Crippen MR) is 87.9 cm³/mol. The van der Waals surface area contributed by atoms with Crippen LogP contribution in [0.4, 0.5) is 5.69 Å². The van der Waals surface area contributed by atoms with Crippen molar-refractivity contribution in [3.8, 4) is 11.5 Å². The van der Waals surface area contributed by atoms with Crippen LogP contribution in [0.3, 0.4) is 0 Å². The van der Waals surface area contributed by atoms with E-state index in [1.807, 2.05) is 25.1 Å². The van der Waals surface area contributed by atoms with E-state index in [1.54, 1.807) is 0 Å². The molecule has 0 heterocycles. The van der Waals surface area contributed by atoms with Gasteiger partial charge < -0.3 is 20.1 Å². The minimum Gasteiger partial charge on any atom is -0.490 e. The van der Waals surface area contributed by atoms with Crippen molar-refractivity contribution in [2.24, 2.45) is 0 Å². The smallest absolute Gasteiger partial charge is 0.170 e. The van der Waals surface area contributed by atoms with Gasteiger partial charge in [-0.3, -0.25) is 0 Å². The minimum atomic E-state index is 0.608. The molecule has 5 heteroatoms. The maximum atomic E-state index is 5.74. The molecule has 0 unspecified atom stereocenters. The normalized spacial score (nSPS) is 9.95. The van der Waals surface area contributed by atoms with Gasteiger partial charge in [0, 0.05) is 18.3 Å². The molecule has 0 atom stereocenters. The average Bonchev–Trinajstić information content (AvgIpc) is 2.44. The van der Waals surface area contributed by atoms with Crippen molar-refractivity contribution in [3.05, 3.63) is 18.2 Å². The van der Waals surface area contributed by atoms with E-state index in [4.69, 9.17) is 21.7 Å². The summed E-state index contributed by atoms with van der Waals surface area (Å²) in [6.45, 7) is 8.31. The summed E-state index contributed by atoms with van der Waals surface area (Å²) in [6.07, 6.45) is 1.93. The van der Waals surface area contributed by atoms with Gasteiger partial charge in [-0.15, -0.1) is 0 Å². The van der Waals surface area contributed by atoms with Crippen molar-refractivity contribution in [2.45, 2.75) is 33.6 Å². The van der Waals surface area contributed by atoms with Crippen molar-refractivity contribution in [3.63, 3.8) is 0 Å². The fraction of sp³-hybridized carbons (Fsp3) is 0.533. The van der Waals surface area contributed by atoms with E-state index in [0.29, 0.717) is 18.3 Å². The number of hydrogen-bond donors (Lipinski definition) is 2. The second-order valence-corrected chi connectivity index (χ2v) is 4.75. The number of rotatable bonds is 8. The molecule has 1 rings (SSSR count). The van der Waals surface area contributed by atoms with Gasteiger partial charge in [0.25, 0.3) is 0 Å². The summed E-state index contributed by atoms with van der Waals surface area (Å²) >= 11 is 5.17. The zero-order valence-corrected chi connectivity index (χ0v) is 13.3. The second kappa shape index (κ2) is 9.42. The highest BCUT2D eigenvalue weighted by Gasteiger charge is 2.07. The van der Waals surface area contributed by atoms with Gasteiger partial charge in [0.05, 0.1) is 13.2 Å². The summed E-state index contributed by atoms with van der Waals surface area (Å²) < 4.78 is 11.4. The second-order valence-electron chi connectivity index (χ2n) is 4.34. The fourth-order valence-electron chi connectivity index (χ4n) is 1.58. The van der Waals surface area contributed by atoms with E-state index in [9.17, 15) is 0 Å². The monoisotopic (exact) mass is 296 g/mol. The standard InChI is InChI=1S/C15H24N2O2S/c1-4-9-18-13-8-7-12(17-15(20)16-6-3)11-14(13)19-10-5-2/h7-8,11H,4-6,9-10H2,1-3H3,(H2,16,17,20). The zero-order valence-electron chi connectivity index (χ0n) is 12.5. The largest absolute Gasteiger partial charge is 0.490 e. The first-order valence-corrected chi connectivity index (χ1v) is 7.56. The molecule has 0 aromatic heterocycles. The number of anilines is 1. The van der Waals surface area contributed by atoms with Crippen LogP contribution in [0.5, 0.6) is 11.5 Å². The highest BCUT2D eigenvalue weighted by Crippen LogP contribution is 2.30. The van der Waals surface area contributed by atoms with Crippen LogP contribution in [-0.2, 0) is 0 Å². The Kier molecular flexibility index (Phi) is 7.80. The summed E-state index contributed by atoms with van der Waals surface area (Å²) in [4.78, 5) is 0. The summed E-state index contributed by atoms with van der Waals surface area (Å²) in [5.74, 6) is 1.53. The third-order valence-corrected chi connectivity index (χ3v) is 2.71. The molecule has 112 valence electrons. The molecule has 0 bridgehead atoms. The van der Waals surface area contributed by atoms with Crippen LogP contribution in [0.25, 0.3) is 0 Å². The van der Waals surface area contributed by atoms with Gasteiger partial charge in [0.2, 0.25) is 0 Å². The molecule has 0 saturated heterocycles. The van der Waals surface area contributed by atoms with Gasteiger partial charge in [0.15, 0.2) is 16.6 Å². The van der Waals surface area contributed by atoms with E-state index in [2.05, 4.69) is 24.5 Å². The molecule has 4 nitrogen and oxygen atoms in total. The Morgan fingerprint density at radius 1 is 1.05 bits per heavy atom. The van der Waals surface area contributed by atoms with E-state index in [-0.39, 0.29) is 0 Å². The van der Waals surface area contributed by atoms with Crippen molar-refractivity contribution < 1.29 is 9.47 Å². The van der Waals surface area contributed by atoms with Gasteiger partial charge in [-0.2, -0.15) is 0 Å². The first-order valence-electron chi connectivity index (χ1n) is 7.15. The molecule has 0 aliphatic heterocycles. The maximum absolute atomic E-state index is 5.74. The Balaban J connectivity index is 2.79. The van der Waals surface area contributed by atoms with Crippen LogP contribution in [0, 0.1) is 0 Å². The first-order chi connectivity index (χ1) is 9.71. The third kappa shape index (κ3) is 5.65. The Labute approximate surface area is 126 Å². The van der Waals surface area contributed by atoms with Gasteiger partial charge in [-0.05, 0) is 44.1 Å². The lowest BCUT2D eigenvalue weighted by molar-refractivity contribution is 0.268. The molecule has 0 spiro atoms. The lowest BCUT2D eigenvalue weighted by atomic mass is 10.2. The summed E-state index contributed by atoms with van der Waals surface area (Å²) in [5.41, 5.74) is 0.894. The fourth-order valence-corrected chi connectivity index (χ4v) is 1.84. The van der Waals surface area contributed by atoms with Crippen LogP contribution in [0.1, 0.15) is 33.6 Å². The summed E-state index contributed by atoms with van der Waals surface area (Å²) in [5, 5.41) is 6.79. The molecule has 20 heavy (non-hydrogen) atoms. The Hall–Kier alpha value is -1.49. The maximum Gasteiger partial charge on any atom is 0.170 e. The number of nitrogens with one attached hydrogen (secondary N) is 2. The Morgan fingerprint density at radius 3 is 2.30 bits per heavy atom. The van der Waals surface area contributed by atoms with Gasteiger partial charge >= 0.3 is 0 Å². The molecule has 0 aliphatic carbocycles. The van der Waals surface area contributed by atoms with Crippen LogP contribution in [-0.4, -0.2) is 24.9 Å². The highest BCUT2D eigenvalue weighted by molar-refractivity contribution is 7.80. The van der Waals surface area contributed by atoms with Crippen LogP contribution >= 0.6 is 12.2 Å². The van der Waals surface area contributed by atoms with Crippen molar-refractivity contribution in [1.82, 2.24) is 5.32 Å². The van der Waals surface area contributed by atoms with Crippen LogP contribution < -0.4 is 20.1 Å². The number of thiocarbonyl (C=S) groups is 1. The molecule has 0 amide bonds. The van der Waals surface area contributed by atoms with E-state index >= 15 is 0 Å². The SMILES string of the molecule is CCCOc1ccc(NC(=S)NCC)cc1OCCC. The van der Waals surface area contributed by atoms with E-state index < -0.39 is 0 Å². The molecule has 0 saturated carbocycles. The molecule has 2 N–H and O–H groups in total. The number of ether oxygens (including phenoxy) is 2. The average molecular weight is 296 g/mol. The van der Waals surface area contributed by atoms with Crippen LogP contribution in [0.15, 0.2) is 18.2 Å². The first kappa shape index (κ1) is 16.6. The Bertz CT molecular complexity index is 424. The van der Waals surface area contributed by atoms with Gasteiger partial charge in [0.1, 0.15) is 0 Å². The quantitative estimate of drug-likeness (QED) is 0.718. The molecule has 0 aliphatic rings. The topological polar surface area (TPSA) is 42.5 Å². The molecular weight excluding hydrogens is 272 g/mol. The van der Waals surface area contributed by atoms with Gasteiger partial charge in [-0.25, -0.2) is 0 Å². The van der Waals surface area contributed by atoms with Crippen LogP contribution in [0.2, 0.25) is 0 Å².